The topological polar surface area (TPSA) is 98.5 Å². The highest BCUT2D eigenvalue weighted by Crippen LogP contribution is 2.14. The van der Waals surface area contributed by atoms with Crippen molar-refractivity contribution in [2.45, 2.75) is 24.8 Å². The third-order valence-corrected chi connectivity index (χ3v) is 4.81. The van der Waals surface area contributed by atoms with Crippen LogP contribution in [0.1, 0.15) is 17.9 Å². The summed E-state index contributed by atoms with van der Waals surface area (Å²) in [7, 11) is -3.64. The van der Waals surface area contributed by atoms with Crippen molar-refractivity contribution in [3.8, 4) is 0 Å². The summed E-state index contributed by atoms with van der Waals surface area (Å²) < 4.78 is 37.0. The smallest absolute Gasteiger partial charge is 0.307 e. The van der Waals surface area contributed by atoms with E-state index in [2.05, 4.69) is 25.8 Å². The predicted molar refractivity (Wildman–Crippen MR) is 85.0 cm³/mol. The van der Waals surface area contributed by atoms with Crippen LogP contribution in [0, 0.1) is 6.92 Å². The lowest BCUT2D eigenvalue weighted by Crippen LogP contribution is -2.26. The largest absolute Gasteiger partial charge is 0.459 e. The molecular weight excluding hydrogens is 388 g/mol. The zero-order valence-corrected chi connectivity index (χ0v) is 14.7. The van der Waals surface area contributed by atoms with Crippen molar-refractivity contribution < 1.29 is 22.5 Å². The highest BCUT2D eigenvalue weighted by atomic mass is 79.9. The molecular formula is C14H15BrN2O5S. The Hall–Kier alpha value is -1.71. The standard InChI is InChI=1S/C14H15BrN2O5S/c1-10-8-12(17-22-10)9-21-14(18)6-7-16-23(19,20)13-4-2-11(15)3-5-13/h2-5,8,16H,6-7,9H2,1H3. The molecule has 1 heterocycles. The van der Waals surface area contributed by atoms with Gasteiger partial charge in [-0.05, 0) is 31.2 Å². The Kier molecular flexibility index (Phi) is 5.91. The maximum Gasteiger partial charge on any atom is 0.307 e. The summed E-state index contributed by atoms with van der Waals surface area (Å²) in [6.45, 7) is 1.68. The second kappa shape index (κ2) is 7.71. The van der Waals surface area contributed by atoms with Crippen molar-refractivity contribution in [2.24, 2.45) is 0 Å². The molecule has 0 amide bonds. The Morgan fingerprint density at radius 1 is 1.35 bits per heavy atom. The van der Waals surface area contributed by atoms with Gasteiger partial charge >= 0.3 is 5.97 Å². The summed E-state index contributed by atoms with van der Waals surface area (Å²) in [6, 6.07) is 7.85. The molecule has 23 heavy (non-hydrogen) atoms. The van der Waals surface area contributed by atoms with E-state index in [-0.39, 0.29) is 24.5 Å². The number of hydrogen-bond donors (Lipinski definition) is 1. The molecule has 0 atom stereocenters. The van der Waals surface area contributed by atoms with Crippen molar-refractivity contribution in [1.82, 2.24) is 9.88 Å². The van der Waals surface area contributed by atoms with E-state index in [4.69, 9.17) is 9.26 Å². The molecule has 1 aromatic heterocycles. The summed E-state index contributed by atoms with van der Waals surface area (Å²) in [5.41, 5.74) is 0.506. The molecule has 124 valence electrons. The average molecular weight is 403 g/mol. The zero-order chi connectivity index (χ0) is 16.9. The molecule has 2 aromatic rings. The van der Waals surface area contributed by atoms with Crippen molar-refractivity contribution in [3.05, 3.63) is 46.3 Å². The van der Waals surface area contributed by atoms with Gasteiger partial charge in [0, 0.05) is 17.1 Å². The number of hydrogen-bond acceptors (Lipinski definition) is 6. The Bertz CT molecular complexity index is 771. The molecule has 0 aliphatic heterocycles. The molecule has 0 unspecified atom stereocenters. The van der Waals surface area contributed by atoms with Gasteiger partial charge in [0.15, 0.2) is 0 Å². The number of aryl methyl sites for hydroxylation is 1. The first-order valence-electron chi connectivity index (χ1n) is 6.70. The van der Waals surface area contributed by atoms with Gasteiger partial charge in [-0.3, -0.25) is 4.79 Å². The SMILES string of the molecule is Cc1cc(COC(=O)CCNS(=O)(=O)c2ccc(Br)cc2)no1. The summed E-state index contributed by atoms with van der Waals surface area (Å²) in [5.74, 6) is 0.0995. The van der Waals surface area contributed by atoms with Crippen molar-refractivity contribution in [1.29, 1.82) is 0 Å². The maximum absolute atomic E-state index is 12.0. The van der Waals surface area contributed by atoms with Crippen LogP contribution in [0.3, 0.4) is 0 Å². The lowest BCUT2D eigenvalue weighted by Gasteiger charge is -2.07. The minimum atomic E-state index is -3.64. The quantitative estimate of drug-likeness (QED) is 0.712. The van der Waals surface area contributed by atoms with Crippen LogP contribution in [0.5, 0.6) is 0 Å². The number of nitrogens with zero attached hydrogens (tertiary/aromatic N) is 1. The minimum Gasteiger partial charge on any atom is -0.459 e. The molecule has 0 saturated heterocycles. The number of halogens is 1. The Morgan fingerprint density at radius 3 is 2.65 bits per heavy atom. The monoisotopic (exact) mass is 402 g/mol. The van der Waals surface area contributed by atoms with Gasteiger partial charge in [-0.1, -0.05) is 21.1 Å². The van der Waals surface area contributed by atoms with Gasteiger partial charge in [0.05, 0.1) is 11.3 Å². The highest BCUT2D eigenvalue weighted by molar-refractivity contribution is 9.10. The van der Waals surface area contributed by atoms with Crippen LogP contribution in [0.15, 0.2) is 44.2 Å². The van der Waals surface area contributed by atoms with Gasteiger partial charge in [0.1, 0.15) is 18.1 Å². The van der Waals surface area contributed by atoms with Gasteiger partial charge in [-0.2, -0.15) is 0 Å². The number of nitrogens with one attached hydrogen (secondary N) is 1. The van der Waals surface area contributed by atoms with Crippen LogP contribution in [-0.2, 0) is 26.2 Å². The van der Waals surface area contributed by atoms with Gasteiger partial charge in [-0.25, -0.2) is 13.1 Å². The van der Waals surface area contributed by atoms with Crippen LogP contribution < -0.4 is 4.72 Å². The van der Waals surface area contributed by atoms with Crippen molar-refractivity contribution in [3.63, 3.8) is 0 Å². The van der Waals surface area contributed by atoms with E-state index in [0.29, 0.717) is 11.5 Å². The van der Waals surface area contributed by atoms with E-state index in [9.17, 15) is 13.2 Å². The molecule has 0 spiro atoms. The normalized spacial score (nSPS) is 11.4. The van der Waals surface area contributed by atoms with E-state index in [0.717, 1.165) is 4.47 Å². The van der Waals surface area contributed by atoms with Crippen LogP contribution in [0.25, 0.3) is 0 Å². The minimum absolute atomic E-state index is 0.00433. The molecule has 0 radical (unpaired) electrons. The number of ether oxygens (including phenoxy) is 1. The lowest BCUT2D eigenvalue weighted by atomic mass is 10.4. The molecule has 0 bridgehead atoms. The van der Waals surface area contributed by atoms with E-state index >= 15 is 0 Å². The van der Waals surface area contributed by atoms with Crippen LogP contribution in [-0.4, -0.2) is 26.1 Å². The third kappa shape index (κ3) is 5.45. The first-order valence-corrected chi connectivity index (χ1v) is 8.97. The van der Waals surface area contributed by atoms with Gasteiger partial charge in [-0.15, -0.1) is 0 Å². The number of carbonyl (C=O) groups excluding carboxylic acids is 1. The fourth-order valence-corrected chi connectivity index (χ4v) is 2.99. The van der Waals surface area contributed by atoms with Crippen LogP contribution >= 0.6 is 15.9 Å². The summed E-state index contributed by atoms with van der Waals surface area (Å²) in [5, 5.41) is 3.69. The van der Waals surface area contributed by atoms with E-state index in [1.807, 2.05) is 0 Å². The zero-order valence-electron chi connectivity index (χ0n) is 12.3. The highest BCUT2D eigenvalue weighted by Gasteiger charge is 2.14. The average Bonchev–Trinajstić information content (AvgIpc) is 2.91. The number of carbonyl (C=O) groups is 1. The third-order valence-electron chi connectivity index (χ3n) is 2.80. The van der Waals surface area contributed by atoms with Crippen molar-refractivity contribution in [2.75, 3.05) is 6.54 Å². The molecule has 0 aliphatic rings. The number of sulfonamides is 1. The molecule has 7 nitrogen and oxygen atoms in total. The summed E-state index contributed by atoms with van der Waals surface area (Å²) in [4.78, 5) is 11.7. The second-order valence-electron chi connectivity index (χ2n) is 4.69. The first-order chi connectivity index (χ1) is 10.9. The van der Waals surface area contributed by atoms with Gasteiger partial charge < -0.3 is 9.26 Å². The number of esters is 1. The van der Waals surface area contributed by atoms with Gasteiger partial charge in [0.2, 0.25) is 10.0 Å². The van der Waals surface area contributed by atoms with E-state index in [1.54, 1.807) is 25.1 Å². The van der Waals surface area contributed by atoms with Crippen LogP contribution in [0.2, 0.25) is 0 Å². The molecule has 0 fully saturated rings. The van der Waals surface area contributed by atoms with Crippen LogP contribution in [0.4, 0.5) is 0 Å². The fraction of sp³-hybridized carbons (Fsp3) is 0.286. The molecule has 2 rings (SSSR count). The second-order valence-corrected chi connectivity index (χ2v) is 7.37. The summed E-state index contributed by atoms with van der Waals surface area (Å²) >= 11 is 3.23. The fourth-order valence-electron chi connectivity index (χ4n) is 1.70. The number of aromatic nitrogens is 1. The Morgan fingerprint density at radius 2 is 2.04 bits per heavy atom. The van der Waals surface area contributed by atoms with Gasteiger partial charge in [0.25, 0.3) is 0 Å². The Balaban J connectivity index is 1.77. The molecule has 1 N–H and O–H groups in total. The molecule has 1 aromatic carbocycles. The molecule has 9 heteroatoms. The Labute approximate surface area is 142 Å². The number of rotatable bonds is 7. The lowest BCUT2D eigenvalue weighted by molar-refractivity contribution is -0.144. The first kappa shape index (κ1) is 17.6. The number of benzene rings is 1. The van der Waals surface area contributed by atoms with Crippen molar-refractivity contribution >= 4 is 31.9 Å². The predicted octanol–water partition coefficient (Wildman–Crippen LogP) is 2.16. The van der Waals surface area contributed by atoms with E-state index in [1.165, 1.54) is 12.1 Å². The summed E-state index contributed by atoms with van der Waals surface area (Å²) in [6.07, 6.45) is -0.0768. The van der Waals surface area contributed by atoms with E-state index < -0.39 is 16.0 Å². The maximum atomic E-state index is 12.0. The molecule has 0 saturated carbocycles. The molecule has 0 aliphatic carbocycles.